The first-order chi connectivity index (χ1) is 8.86. The third-order valence-electron chi connectivity index (χ3n) is 2.14. The van der Waals surface area contributed by atoms with E-state index in [0.717, 1.165) is 17.9 Å². The molecule has 1 aromatic carbocycles. The molecule has 0 amide bonds. The molecule has 0 heterocycles. The summed E-state index contributed by atoms with van der Waals surface area (Å²) in [6.07, 6.45) is 0.937. The summed E-state index contributed by atoms with van der Waals surface area (Å²) in [5, 5.41) is 0. The normalized spacial score (nSPS) is 11.6. The van der Waals surface area contributed by atoms with E-state index in [2.05, 4.69) is 38.8 Å². The topological polar surface area (TPSA) is 43.4 Å². The molecule has 8 heteroatoms. The van der Waals surface area contributed by atoms with Crippen LogP contribution in [0.3, 0.4) is 0 Å². The molecule has 19 heavy (non-hydrogen) atoms. The molecule has 0 unspecified atom stereocenters. The molecule has 0 aliphatic heterocycles. The molecule has 108 valence electrons. The molecule has 3 nitrogen and oxygen atoms in total. The fourth-order valence-corrected chi connectivity index (χ4v) is 4.41. The van der Waals surface area contributed by atoms with Gasteiger partial charge < -0.3 is 4.74 Å². The van der Waals surface area contributed by atoms with Crippen molar-refractivity contribution in [3.8, 4) is 5.75 Å². The maximum atomic E-state index is 11.3. The molecule has 0 N–H and O–H groups in total. The Balaban J connectivity index is 2.75. The largest absolute Gasteiger partial charge is 0.491 e. The molecule has 0 atom stereocenters. The average molecular weight is 453 g/mol. The Morgan fingerprint density at radius 1 is 1.32 bits per heavy atom. The summed E-state index contributed by atoms with van der Waals surface area (Å²) in [5.74, 6) is 2.72. The molecule has 0 saturated heterocycles. The quantitative estimate of drug-likeness (QED) is 0.446. The molecule has 0 saturated carbocycles. The Morgan fingerprint density at radius 2 is 1.89 bits per heavy atom. The van der Waals surface area contributed by atoms with E-state index in [-0.39, 0.29) is 4.90 Å². The number of halogens is 3. The molecule has 0 fully saturated rings. The lowest BCUT2D eigenvalue weighted by Crippen LogP contribution is -2.01. The number of hydrogen-bond donors (Lipinski definition) is 0. The zero-order valence-electron chi connectivity index (χ0n) is 10.2. The van der Waals surface area contributed by atoms with Crippen LogP contribution in [0.25, 0.3) is 0 Å². The Hall–Kier alpha value is 0.570. The lowest BCUT2D eigenvalue weighted by Gasteiger charge is -2.11. The van der Waals surface area contributed by atoms with Crippen LogP contribution in [0.2, 0.25) is 0 Å². The minimum absolute atomic E-state index is 0.0294. The first-order valence-corrected chi connectivity index (χ1v) is 10.6. The molecule has 0 spiro atoms. The van der Waals surface area contributed by atoms with Crippen molar-refractivity contribution in [2.45, 2.75) is 18.2 Å². The van der Waals surface area contributed by atoms with Gasteiger partial charge in [-0.15, -0.1) is 0 Å². The lowest BCUT2D eigenvalue weighted by atomic mass is 10.3. The van der Waals surface area contributed by atoms with Gasteiger partial charge in [0.15, 0.2) is 0 Å². The van der Waals surface area contributed by atoms with E-state index in [4.69, 9.17) is 15.4 Å². The third kappa shape index (κ3) is 5.83. The molecule has 0 aliphatic carbocycles. The molecule has 0 aromatic heterocycles. The van der Waals surface area contributed by atoms with E-state index >= 15 is 0 Å². The zero-order valence-corrected chi connectivity index (χ0v) is 15.7. The molecular weight excluding hydrogens is 440 g/mol. The van der Waals surface area contributed by atoms with Crippen molar-refractivity contribution in [3.63, 3.8) is 0 Å². The standard InChI is InChI=1S/C11H13Br2ClO3S2/c1-2-18-5-3-4-17-11-9(12)6-8(7-10(11)13)19(14,15)16/h6-7H,2-5H2,1H3. The van der Waals surface area contributed by atoms with Gasteiger partial charge in [0.25, 0.3) is 9.05 Å². The number of rotatable bonds is 7. The number of thioether (sulfide) groups is 1. The first kappa shape index (κ1) is 17.6. The molecule has 0 aliphatic rings. The monoisotopic (exact) mass is 450 g/mol. The summed E-state index contributed by atoms with van der Waals surface area (Å²) in [7, 11) is 1.56. The van der Waals surface area contributed by atoms with Crippen LogP contribution in [-0.4, -0.2) is 26.5 Å². The second-order valence-corrected chi connectivity index (χ2v) is 9.22. The van der Waals surface area contributed by atoms with E-state index in [0.29, 0.717) is 21.3 Å². The van der Waals surface area contributed by atoms with Gasteiger partial charge in [-0.05, 0) is 61.9 Å². The van der Waals surface area contributed by atoms with E-state index in [9.17, 15) is 8.42 Å². The lowest BCUT2D eigenvalue weighted by molar-refractivity contribution is 0.314. The third-order valence-corrected chi connectivity index (χ3v) is 5.63. The molecule has 1 aromatic rings. The predicted octanol–water partition coefficient (Wildman–Crippen LogP) is 4.66. The van der Waals surface area contributed by atoms with Gasteiger partial charge in [0.2, 0.25) is 0 Å². The Bertz CT molecular complexity index is 512. The second-order valence-electron chi connectivity index (χ2n) is 3.55. The summed E-state index contributed by atoms with van der Waals surface area (Å²) in [6, 6.07) is 2.87. The Labute approximate surface area is 139 Å². The van der Waals surface area contributed by atoms with E-state index in [1.807, 2.05) is 11.8 Å². The summed E-state index contributed by atoms with van der Waals surface area (Å²) in [5.41, 5.74) is 0. The van der Waals surface area contributed by atoms with E-state index in [1.165, 1.54) is 12.1 Å². The number of ether oxygens (including phenoxy) is 1. The number of benzene rings is 1. The Kier molecular flexibility index (Phi) is 7.53. The van der Waals surface area contributed by atoms with Gasteiger partial charge in [0.05, 0.1) is 20.4 Å². The van der Waals surface area contributed by atoms with Crippen molar-refractivity contribution >= 4 is 63.4 Å². The van der Waals surface area contributed by atoms with Gasteiger partial charge in [-0.3, -0.25) is 0 Å². The van der Waals surface area contributed by atoms with Crippen LogP contribution in [0.15, 0.2) is 26.0 Å². The van der Waals surface area contributed by atoms with Crippen molar-refractivity contribution in [3.05, 3.63) is 21.1 Å². The van der Waals surface area contributed by atoms with Crippen LogP contribution in [0.4, 0.5) is 0 Å². The maximum Gasteiger partial charge on any atom is 0.261 e. The SMILES string of the molecule is CCSCCCOc1c(Br)cc(S(=O)(=O)Cl)cc1Br. The highest BCUT2D eigenvalue weighted by atomic mass is 79.9. The Morgan fingerprint density at radius 3 is 2.37 bits per heavy atom. The minimum Gasteiger partial charge on any atom is -0.491 e. The fourth-order valence-electron chi connectivity index (χ4n) is 1.29. The highest BCUT2D eigenvalue weighted by Crippen LogP contribution is 2.36. The number of hydrogen-bond acceptors (Lipinski definition) is 4. The second kappa shape index (κ2) is 8.12. The van der Waals surface area contributed by atoms with Gasteiger partial charge >= 0.3 is 0 Å². The van der Waals surface area contributed by atoms with Gasteiger partial charge in [-0.2, -0.15) is 11.8 Å². The van der Waals surface area contributed by atoms with Crippen LogP contribution in [0, 0.1) is 0 Å². The van der Waals surface area contributed by atoms with Crippen molar-refractivity contribution in [2.24, 2.45) is 0 Å². The van der Waals surface area contributed by atoms with Crippen molar-refractivity contribution in [1.29, 1.82) is 0 Å². The van der Waals surface area contributed by atoms with Gasteiger partial charge in [-0.25, -0.2) is 8.42 Å². The van der Waals surface area contributed by atoms with Crippen LogP contribution in [0.1, 0.15) is 13.3 Å². The molecule has 0 radical (unpaired) electrons. The minimum atomic E-state index is -3.74. The summed E-state index contributed by atoms with van der Waals surface area (Å²) in [6.45, 7) is 2.70. The van der Waals surface area contributed by atoms with Crippen LogP contribution in [0.5, 0.6) is 5.75 Å². The van der Waals surface area contributed by atoms with Crippen molar-refractivity contribution < 1.29 is 13.2 Å². The van der Waals surface area contributed by atoms with Crippen molar-refractivity contribution in [2.75, 3.05) is 18.1 Å². The first-order valence-electron chi connectivity index (χ1n) is 5.50. The van der Waals surface area contributed by atoms with E-state index < -0.39 is 9.05 Å². The highest BCUT2D eigenvalue weighted by Gasteiger charge is 2.16. The summed E-state index contributed by atoms with van der Waals surface area (Å²) >= 11 is 8.44. The van der Waals surface area contributed by atoms with Crippen LogP contribution in [-0.2, 0) is 9.05 Å². The average Bonchev–Trinajstić information content (AvgIpc) is 2.30. The molecular formula is C11H13Br2ClO3S2. The molecule has 1 rings (SSSR count). The van der Waals surface area contributed by atoms with Crippen LogP contribution < -0.4 is 4.74 Å². The highest BCUT2D eigenvalue weighted by molar-refractivity contribution is 9.11. The van der Waals surface area contributed by atoms with Gasteiger partial charge in [-0.1, -0.05) is 6.92 Å². The molecule has 0 bridgehead atoms. The summed E-state index contributed by atoms with van der Waals surface area (Å²) < 4.78 is 29.3. The maximum absolute atomic E-state index is 11.3. The van der Waals surface area contributed by atoms with E-state index in [1.54, 1.807) is 0 Å². The summed E-state index contributed by atoms with van der Waals surface area (Å²) in [4.78, 5) is 0.0294. The van der Waals surface area contributed by atoms with Gasteiger partial charge in [0, 0.05) is 10.7 Å². The van der Waals surface area contributed by atoms with Crippen molar-refractivity contribution in [1.82, 2.24) is 0 Å². The fraction of sp³-hybridized carbons (Fsp3) is 0.455. The van der Waals surface area contributed by atoms with Crippen LogP contribution >= 0.6 is 54.3 Å². The smallest absolute Gasteiger partial charge is 0.261 e. The van der Waals surface area contributed by atoms with Gasteiger partial charge in [0.1, 0.15) is 5.75 Å². The predicted molar refractivity (Wildman–Crippen MR) is 88.0 cm³/mol. The zero-order chi connectivity index (χ0) is 14.5.